The van der Waals surface area contributed by atoms with Crippen LogP contribution in [-0.4, -0.2) is 55.2 Å². The summed E-state index contributed by atoms with van der Waals surface area (Å²) in [6.07, 6.45) is 0.374. The zero-order chi connectivity index (χ0) is 12.8. The highest BCUT2D eigenvalue weighted by Gasteiger charge is 2.22. The Kier molecular flexibility index (Phi) is 5.63. The first-order chi connectivity index (χ1) is 8.81. The summed E-state index contributed by atoms with van der Waals surface area (Å²) in [7, 11) is 0. The Balaban J connectivity index is 1.80. The van der Waals surface area contributed by atoms with E-state index in [4.69, 9.17) is 4.74 Å². The highest BCUT2D eigenvalue weighted by molar-refractivity contribution is 7.09. The SMILES string of the molecule is CCN(CC)CC1CN(Cc2cccs2)CCO1. The second-order valence-electron chi connectivity index (χ2n) is 4.79. The Hall–Kier alpha value is -0.420. The summed E-state index contributed by atoms with van der Waals surface area (Å²) in [5.41, 5.74) is 0. The van der Waals surface area contributed by atoms with Gasteiger partial charge in [-0.3, -0.25) is 4.90 Å². The Labute approximate surface area is 114 Å². The van der Waals surface area contributed by atoms with E-state index in [2.05, 4.69) is 41.2 Å². The third kappa shape index (κ3) is 4.05. The number of ether oxygens (including phenoxy) is 1. The smallest absolute Gasteiger partial charge is 0.0829 e. The highest BCUT2D eigenvalue weighted by atomic mass is 32.1. The van der Waals surface area contributed by atoms with Gasteiger partial charge < -0.3 is 9.64 Å². The number of hydrogen-bond donors (Lipinski definition) is 0. The molecule has 2 rings (SSSR count). The Bertz CT molecular complexity index is 325. The van der Waals surface area contributed by atoms with Gasteiger partial charge in [0, 0.05) is 31.1 Å². The Morgan fingerprint density at radius 2 is 2.28 bits per heavy atom. The normalized spacial score (nSPS) is 21.6. The van der Waals surface area contributed by atoms with Crippen molar-refractivity contribution in [3.63, 3.8) is 0 Å². The lowest BCUT2D eigenvalue weighted by Gasteiger charge is -2.35. The first-order valence-electron chi connectivity index (χ1n) is 6.90. The van der Waals surface area contributed by atoms with Crippen LogP contribution >= 0.6 is 11.3 Å². The quantitative estimate of drug-likeness (QED) is 0.787. The van der Waals surface area contributed by atoms with Crippen LogP contribution in [0.2, 0.25) is 0 Å². The van der Waals surface area contributed by atoms with Crippen LogP contribution < -0.4 is 0 Å². The van der Waals surface area contributed by atoms with Gasteiger partial charge in [-0.05, 0) is 24.5 Å². The summed E-state index contributed by atoms with van der Waals surface area (Å²) in [6.45, 7) is 11.8. The predicted molar refractivity (Wildman–Crippen MR) is 77.1 cm³/mol. The number of likely N-dealkylation sites (N-methyl/N-ethyl adjacent to an activating group) is 1. The van der Waals surface area contributed by atoms with E-state index in [0.29, 0.717) is 6.10 Å². The van der Waals surface area contributed by atoms with Crippen LogP contribution in [0.25, 0.3) is 0 Å². The van der Waals surface area contributed by atoms with Crippen LogP contribution in [0.4, 0.5) is 0 Å². The summed E-state index contributed by atoms with van der Waals surface area (Å²) in [5.74, 6) is 0. The molecule has 4 heteroatoms. The lowest BCUT2D eigenvalue weighted by Crippen LogP contribution is -2.47. The molecule has 1 aliphatic rings. The maximum atomic E-state index is 5.88. The van der Waals surface area contributed by atoms with Crippen LogP contribution in [0.15, 0.2) is 17.5 Å². The van der Waals surface area contributed by atoms with Crippen LogP contribution in [0.5, 0.6) is 0 Å². The lowest BCUT2D eigenvalue weighted by molar-refractivity contribution is -0.0445. The van der Waals surface area contributed by atoms with E-state index in [1.165, 1.54) is 4.88 Å². The maximum Gasteiger partial charge on any atom is 0.0829 e. The second kappa shape index (κ2) is 7.24. The summed E-state index contributed by atoms with van der Waals surface area (Å²) in [5, 5.41) is 2.16. The van der Waals surface area contributed by atoms with Gasteiger partial charge in [0.25, 0.3) is 0 Å². The van der Waals surface area contributed by atoms with Gasteiger partial charge in [-0.25, -0.2) is 0 Å². The van der Waals surface area contributed by atoms with Crippen molar-refractivity contribution in [2.24, 2.45) is 0 Å². The summed E-state index contributed by atoms with van der Waals surface area (Å²) in [4.78, 5) is 6.42. The van der Waals surface area contributed by atoms with Crippen LogP contribution in [-0.2, 0) is 11.3 Å². The third-order valence-corrected chi connectivity index (χ3v) is 4.40. The average Bonchev–Trinajstić information content (AvgIpc) is 2.89. The molecule has 0 bridgehead atoms. The standard InChI is InChI=1S/C14H24N2OS/c1-3-15(4-2)10-13-11-16(7-8-17-13)12-14-6-5-9-18-14/h5-6,9,13H,3-4,7-8,10-12H2,1-2H3. The van der Waals surface area contributed by atoms with Crippen molar-refractivity contribution in [1.82, 2.24) is 9.80 Å². The molecule has 1 aliphatic heterocycles. The third-order valence-electron chi connectivity index (χ3n) is 3.54. The topological polar surface area (TPSA) is 15.7 Å². The van der Waals surface area contributed by atoms with E-state index in [0.717, 1.165) is 45.9 Å². The Morgan fingerprint density at radius 3 is 2.94 bits per heavy atom. The van der Waals surface area contributed by atoms with Crippen LogP contribution in [0.3, 0.4) is 0 Å². The summed E-state index contributed by atoms with van der Waals surface area (Å²) < 4.78 is 5.88. The minimum atomic E-state index is 0.374. The molecule has 0 radical (unpaired) electrons. The van der Waals surface area contributed by atoms with Crippen molar-refractivity contribution in [3.8, 4) is 0 Å². The maximum absolute atomic E-state index is 5.88. The van der Waals surface area contributed by atoms with Gasteiger partial charge in [0.15, 0.2) is 0 Å². The molecule has 0 N–H and O–H groups in total. The lowest BCUT2D eigenvalue weighted by atomic mass is 10.2. The van der Waals surface area contributed by atoms with E-state index < -0.39 is 0 Å². The minimum Gasteiger partial charge on any atom is -0.374 e. The van der Waals surface area contributed by atoms with Gasteiger partial charge >= 0.3 is 0 Å². The zero-order valence-electron chi connectivity index (χ0n) is 11.5. The second-order valence-corrected chi connectivity index (χ2v) is 5.83. The van der Waals surface area contributed by atoms with Gasteiger partial charge in [-0.15, -0.1) is 11.3 Å². The molecular formula is C14H24N2OS. The molecule has 1 atom stereocenters. The number of rotatable bonds is 6. The molecule has 1 fully saturated rings. The number of morpholine rings is 1. The molecule has 2 heterocycles. The molecule has 102 valence electrons. The first-order valence-corrected chi connectivity index (χ1v) is 7.78. The van der Waals surface area contributed by atoms with Crippen molar-refractivity contribution >= 4 is 11.3 Å². The van der Waals surface area contributed by atoms with E-state index >= 15 is 0 Å². The fraction of sp³-hybridized carbons (Fsp3) is 0.714. The molecule has 1 unspecified atom stereocenters. The highest BCUT2D eigenvalue weighted by Crippen LogP contribution is 2.15. The van der Waals surface area contributed by atoms with E-state index in [1.807, 2.05) is 11.3 Å². The van der Waals surface area contributed by atoms with Crippen molar-refractivity contribution < 1.29 is 4.74 Å². The van der Waals surface area contributed by atoms with E-state index in [-0.39, 0.29) is 0 Å². The number of hydrogen-bond acceptors (Lipinski definition) is 4. The molecule has 0 aliphatic carbocycles. The Morgan fingerprint density at radius 1 is 1.44 bits per heavy atom. The summed E-state index contributed by atoms with van der Waals surface area (Å²) in [6, 6.07) is 4.35. The molecule has 1 aromatic rings. The molecule has 0 spiro atoms. The first kappa shape index (κ1) is 14.0. The van der Waals surface area contributed by atoms with Crippen molar-refractivity contribution in [3.05, 3.63) is 22.4 Å². The van der Waals surface area contributed by atoms with E-state index in [1.54, 1.807) is 0 Å². The minimum absolute atomic E-state index is 0.374. The molecule has 18 heavy (non-hydrogen) atoms. The van der Waals surface area contributed by atoms with Gasteiger partial charge in [0.2, 0.25) is 0 Å². The van der Waals surface area contributed by atoms with Crippen molar-refractivity contribution in [1.29, 1.82) is 0 Å². The van der Waals surface area contributed by atoms with Crippen molar-refractivity contribution in [2.75, 3.05) is 39.3 Å². The fourth-order valence-electron chi connectivity index (χ4n) is 2.43. The molecule has 0 amide bonds. The van der Waals surface area contributed by atoms with Crippen LogP contribution in [0, 0.1) is 0 Å². The molecule has 3 nitrogen and oxygen atoms in total. The van der Waals surface area contributed by atoms with Gasteiger partial charge in [-0.2, -0.15) is 0 Å². The molecule has 1 aromatic heterocycles. The molecule has 1 saturated heterocycles. The largest absolute Gasteiger partial charge is 0.374 e. The zero-order valence-corrected chi connectivity index (χ0v) is 12.3. The average molecular weight is 268 g/mol. The molecule has 0 saturated carbocycles. The van der Waals surface area contributed by atoms with Crippen LogP contribution in [0.1, 0.15) is 18.7 Å². The van der Waals surface area contributed by atoms with Gasteiger partial charge in [-0.1, -0.05) is 19.9 Å². The molecular weight excluding hydrogens is 244 g/mol. The number of thiophene rings is 1. The fourth-order valence-corrected chi connectivity index (χ4v) is 3.17. The number of nitrogens with zero attached hydrogens (tertiary/aromatic N) is 2. The van der Waals surface area contributed by atoms with Gasteiger partial charge in [0.05, 0.1) is 12.7 Å². The van der Waals surface area contributed by atoms with Gasteiger partial charge in [0.1, 0.15) is 0 Å². The predicted octanol–water partition coefficient (Wildman–Crippen LogP) is 2.29. The monoisotopic (exact) mass is 268 g/mol. The summed E-state index contributed by atoms with van der Waals surface area (Å²) >= 11 is 1.85. The van der Waals surface area contributed by atoms with Crippen molar-refractivity contribution in [2.45, 2.75) is 26.5 Å². The van der Waals surface area contributed by atoms with E-state index in [9.17, 15) is 0 Å². The molecule has 0 aromatic carbocycles.